The van der Waals surface area contributed by atoms with E-state index >= 15 is 0 Å². The zero-order chi connectivity index (χ0) is 13.3. The Morgan fingerprint density at radius 3 is 2.78 bits per heavy atom. The second kappa shape index (κ2) is 4.65. The van der Waals surface area contributed by atoms with Crippen molar-refractivity contribution in [2.75, 3.05) is 0 Å². The summed E-state index contributed by atoms with van der Waals surface area (Å²) in [5.41, 5.74) is 1.34. The Kier molecular flexibility index (Phi) is 3.19. The number of hydrogen-bond acceptors (Lipinski definition) is 4. The molecule has 6 heteroatoms. The van der Waals surface area contributed by atoms with Crippen LogP contribution in [-0.4, -0.2) is 35.7 Å². The summed E-state index contributed by atoms with van der Waals surface area (Å²) < 4.78 is 0.984. The van der Waals surface area contributed by atoms with Crippen molar-refractivity contribution in [3.63, 3.8) is 0 Å². The molecule has 2 rings (SSSR count). The van der Waals surface area contributed by atoms with Crippen LogP contribution in [0, 0.1) is 18.3 Å². The number of aryl methyl sites for hydroxylation is 1. The molecule has 0 radical (unpaired) electrons. The number of nitriles is 1. The number of nitrogens with zero attached hydrogens (tertiary/aromatic N) is 2. The van der Waals surface area contributed by atoms with Crippen molar-refractivity contribution in [2.24, 2.45) is 0 Å². The summed E-state index contributed by atoms with van der Waals surface area (Å²) in [6.07, 6.45) is 0. The van der Waals surface area contributed by atoms with Crippen LogP contribution in [-0.2, 0) is 0 Å². The molecule has 0 fully saturated rings. The van der Waals surface area contributed by atoms with Crippen molar-refractivity contribution in [2.45, 2.75) is 6.92 Å². The van der Waals surface area contributed by atoms with E-state index in [1.165, 1.54) is 12.1 Å². The number of carboxylic acids is 1. The number of aromatic hydroxyl groups is 1. The van der Waals surface area contributed by atoms with E-state index in [1.807, 2.05) is 6.07 Å². The number of phenols is 1. The molecule has 18 heavy (non-hydrogen) atoms. The zero-order valence-corrected chi connectivity index (χ0v) is 11.1. The third kappa shape index (κ3) is 2.14. The van der Waals surface area contributed by atoms with Crippen LogP contribution >= 0.6 is 0 Å². The van der Waals surface area contributed by atoms with Gasteiger partial charge < -0.3 is 0 Å². The second-order valence-electron chi connectivity index (χ2n) is 3.58. The number of aromatic nitrogens is 1. The summed E-state index contributed by atoms with van der Waals surface area (Å²) in [5.74, 6) is -1.04. The molecule has 2 aromatic rings. The molecule has 1 heterocycles. The Morgan fingerprint density at radius 2 is 2.22 bits per heavy atom. The van der Waals surface area contributed by atoms with Crippen molar-refractivity contribution in [3.05, 3.63) is 33.9 Å². The standard InChI is InChI=1S/C12H8N2O3Se/c1-6-10(12(16)17)18-11(14-6)7-2-3-9(15)8(4-7)5-13/h2-4,15H,1H3,(H,16,17). The van der Waals surface area contributed by atoms with Crippen molar-refractivity contribution in [1.82, 2.24) is 4.98 Å². The van der Waals surface area contributed by atoms with Crippen LogP contribution in [0.1, 0.15) is 20.5 Å². The van der Waals surface area contributed by atoms with Gasteiger partial charge in [0.15, 0.2) is 0 Å². The Morgan fingerprint density at radius 1 is 1.50 bits per heavy atom. The van der Waals surface area contributed by atoms with Gasteiger partial charge in [-0.1, -0.05) is 0 Å². The van der Waals surface area contributed by atoms with Crippen LogP contribution in [0.4, 0.5) is 0 Å². The molecule has 0 aliphatic carbocycles. The number of aromatic carboxylic acids is 1. The van der Waals surface area contributed by atoms with Gasteiger partial charge in [0.25, 0.3) is 0 Å². The van der Waals surface area contributed by atoms with E-state index in [9.17, 15) is 9.90 Å². The van der Waals surface area contributed by atoms with Gasteiger partial charge >= 0.3 is 108 Å². The third-order valence-corrected chi connectivity index (χ3v) is 4.86. The van der Waals surface area contributed by atoms with E-state index in [4.69, 9.17) is 10.4 Å². The number of carbonyl (C=O) groups is 1. The first-order valence-corrected chi connectivity index (χ1v) is 6.68. The minimum absolute atomic E-state index is 0.0875. The normalized spacial score (nSPS) is 10.0. The molecule has 0 saturated carbocycles. The monoisotopic (exact) mass is 308 g/mol. The van der Waals surface area contributed by atoms with Gasteiger partial charge in [0.1, 0.15) is 0 Å². The molecule has 1 aromatic carbocycles. The fourth-order valence-electron chi connectivity index (χ4n) is 1.48. The average Bonchev–Trinajstić information content (AvgIpc) is 2.72. The van der Waals surface area contributed by atoms with Gasteiger partial charge in [-0.15, -0.1) is 0 Å². The fourth-order valence-corrected chi connectivity index (χ4v) is 3.37. The maximum absolute atomic E-state index is 11.0. The fraction of sp³-hybridized carbons (Fsp3) is 0.0833. The molecule has 0 bridgehead atoms. The number of benzene rings is 1. The van der Waals surface area contributed by atoms with E-state index in [-0.39, 0.29) is 25.8 Å². The van der Waals surface area contributed by atoms with Gasteiger partial charge in [0, 0.05) is 0 Å². The van der Waals surface area contributed by atoms with E-state index in [2.05, 4.69) is 4.98 Å². The van der Waals surface area contributed by atoms with E-state index in [0.717, 1.165) is 0 Å². The second-order valence-corrected chi connectivity index (χ2v) is 5.68. The molecule has 0 saturated heterocycles. The molecule has 0 atom stereocenters. The van der Waals surface area contributed by atoms with Gasteiger partial charge in [0.2, 0.25) is 0 Å². The predicted molar refractivity (Wildman–Crippen MR) is 64.7 cm³/mol. The van der Waals surface area contributed by atoms with Crippen LogP contribution in [0.2, 0.25) is 0 Å². The zero-order valence-electron chi connectivity index (χ0n) is 9.34. The quantitative estimate of drug-likeness (QED) is 0.818. The topological polar surface area (TPSA) is 94.2 Å². The van der Waals surface area contributed by atoms with Crippen molar-refractivity contribution < 1.29 is 15.0 Å². The summed E-state index contributed by atoms with van der Waals surface area (Å²) >= 11 is -0.375. The van der Waals surface area contributed by atoms with Crippen LogP contribution in [0.3, 0.4) is 0 Å². The molecular weight excluding hydrogens is 299 g/mol. The summed E-state index contributed by atoms with van der Waals surface area (Å²) in [6, 6.07) is 6.45. The number of carboxylic acid groups (broad SMARTS) is 1. The first kappa shape index (κ1) is 12.4. The number of phenolic OH excluding ortho intramolecular Hbond substituents is 1. The Bertz CT molecular complexity index is 670. The van der Waals surface area contributed by atoms with Crippen LogP contribution in [0.5, 0.6) is 5.75 Å². The molecule has 0 unspecified atom stereocenters. The van der Waals surface area contributed by atoms with Gasteiger partial charge in [-0.3, -0.25) is 0 Å². The van der Waals surface area contributed by atoms with Crippen molar-refractivity contribution in [1.29, 1.82) is 5.26 Å². The first-order chi connectivity index (χ1) is 8.52. The number of rotatable bonds is 2. The van der Waals surface area contributed by atoms with Gasteiger partial charge in [-0.25, -0.2) is 0 Å². The van der Waals surface area contributed by atoms with Gasteiger partial charge in [-0.05, 0) is 0 Å². The summed E-state index contributed by atoms with van der Waals surface area (Å²) in [7, 11) is 0. The van der Waals surface area contributed by atoms with Crippen LogP contribution < -0.4 is 0 Å². The maximum atomic E-state index is 11.0. The van der Waals surface area contributed by atoms with Crippen molar-refractivity contribution >= 4 is 20.5 Å². The first-order valence-electron chi connectivity index (χ1n) is 4.97. The van der Waals surface area contributed by atoms with Gasteiger partial charge in [0.05, 0.1) is 0 Å². The summed E-state index contributed by atoms with van der Waals surface area (Å²) in [6.45, 7) is 1.66. The molecule has 1 aromatic heterocycles. The van der Waals surface area contributed by atoms with E-state index in [1.54, 1.807) is 13.0 Å². The molecule has 0 aliphatic heterocycles. The molecule has 0 amide bonds. The van der Waals surface area contributed by atoms with E-state index in [0.29, 0.717) is 20.3 Å². The molecule has 5 nitrogen and oxygen atoms in total. The number of hydrogen-bond donors (Lipinski definition) is 2. The van der Waals surface area contributed by atoms with Gasteiger partial charge in [-0.2, -0.15) is 0 Å². The molecule has 90 valence electrons. The SMILES string of the molecule is Cc1nc(-c2ccc(O)c(C#N)c2)[se]c1C(=O)O. The minimum atomic E-state index is -0.953. The van der Waals surface area contributed by atoms with Crippen LogP contribution in [0.15, 0.2) is 18.2 Å². The Hall–Kier alpha value is -2.09. The average molecular weight is 307 g/mol. The Balaban J connectivity index is 2.53. The Labute approximate surface area is 109 Å². The molecular formula is C12H8N2O3Se. The predicted octanol–water partition coefficient (Wildman–Crippen LogP) is 1.39. The summed E-state index contributed by atoms with van der Waals surface area (Å²) in [5, 5.41) is 27.2. The third-order valence-electron chi connectivity index (χ3n) is 2.35. The van der Waals surface area contributed by atoms with E-state index < -0.39 is 5.97 Å². The molecule has 0 aliphatic rings. The van der Waals surface area contributed by atoms with Crippen molar-refractivity contribution in [3.8, 4) is 22.0 Å². The van der Waals surface area contributed by atoms with Crippen LogP contribution in [0.25, 0.3) is 10.1 Å². The summed E-state index contributed by atoms with van der Waals surface area (Å²) in [4.78, 5) is 15.2. The molecule has 0 spiro atoms. The molecule has 2 N–H and O–H groups in total.